The fourth-order valence-electron chi connectivity index (χ4n) is 1.59. The summed E-state index contributed by atoms with van der Waals surface area (Å²) in [4.78, 5) is 10.2. The summed E-state index contributed by atoms with van der Waals surface area (Å²) in [6, 6.07) is 0. The molecule has 0 aromatic rings. The number of allylic oxidation sites excluding steroid dienone is 4. The van der Waals surface area contributed by atoms with E-state index in [4.69, 9.17) is 5.11 Å². The van der Waals surface area contributed by atoms with Crippen molar-refractivity contribution in [2.45, 2.75) is 64.7 Å². The van der Waals surface area contributed by atoms with E-state index >= 15 is 0 Å². The SMILES string of the molecule is CCCCCCC/C=C/C=C/CCCC(=O)O. The van der Waals surface area contributed by atoms with Crippen LogP contribution in [-0.2, 0) is 4.79 Å². The first-order chi connectivity index (χ1) is 8.27. The van der Waals surface area contributed by atoms with Crippen molar-refractivity contribution in [1.82, 2.24) is 0 Å². The molecule has 1 N–H and O–H groups in total. The first kappa shape index (κ1) is 16.0. The van der Waals surface area contributed by atoms with Gasteiger partial charge in [0, 0.05) is 6.42 Å². The van der Waals surface area contributed by atoms with Crippen LogP contribution in [0.5, 0.6) is 0 Å². The van der Waals surface area contributed by atoms with Gasteiger partial charge in [0.1, 0.15) is 0 Å². The second-order valence-corrected chi connectivity index (χ2v) is 4.35. The van der Waals surface area contributed by atoms with E-state index in [1.54, 1.807) is 0 Å². The molecule has 0 saturated carbocycles. The Labute approximate surface area is 105 Å². The summed E-state index contributed by atoms with van der Waals surface area (Å²) in [6.45, 7) is 2.23. The first-order valence-corrected chi connectivity index (χ1v) is 6.80. The molecule has 0 fully saturated rings. The fourth-order valence-corrected chi connectivity index (χ4v) is 1.59. The maximum Gasteiger partial charge on any atom is 0.303 e. The summed E-state index contributed by atoms with van der Waals surface area (Å²) < 4.78 is 0. The molecule has 0 aromatic heterocycles. The average molecular weight is 238 g/mol. The predicted octanol–water partition coefficient (Wildman–Crippen LogP) is 4.71. The van der Waals surface area contributed by atoms with E-state index in [-0.39, 0.29) is 6.42 Å². The molecule has 0 amide bonds. The van der Waals surface area contributed by atoms with Crippen molar-refractivity contribution in [2.75, 3.05) is 0 Å². The molecular formula is C15H26O2. The Hall–Kier alpha value is -1.05. The minimum atomic E-state index is -0.707. The molecule has 0 rings (SSSR count). The quantitative estimate of drug-likeness (QED) is 0.418. The van der Waals surface area contributed by atoms with Gasteiger partial charge in [-0.05, 0) is 25.7 Å². The summed E-state index contributed by atoms with van der Waals surface area (Å²) in [5.74, 6) is -0.707. The van der Waals surface area contributed by atoms with Gasteiger partial charge in [0.2, 0.25) is 0 Å². The van der Waals surface area contributed by atoms with Crippen LogP contribution >= 0.6 is 0 Å². The van der Waals surface area contributed by atoms with Crippen molar-refractivity contribution < 1.29 is 9.90 Å². The van der Waals surface area contributed by atoms with Gasteiger partial charge in [-0.1, -0.05) is 56.9 Å². The van der Waals surface area contributed by atoms with Crippen LogP contribution in [0.2, 0.25) is 0 Å². The number of carboxylic acid groups (broad SMARTS) is 1. The van der Waals surface area contributed by atoms with Crippen molar-refractivity contribution in [2.24, 2.45) is 0 Å². The van der Waals surface area contributed by atoms with Crippen LogP contribution in [0.3, 0.4) is 0 Å². The Morgan fingerprint density at radius 2 is 1.53 bits per heavy atom. The molecule has 0 radical (unpaired) electrons. The van der Waals surface area contributed by atoms with Crippen molar-refractivity contribution in [3.8, 4) is 0 Å². The third-order valence-electron chi connectivity index (χ3n) is 2.62. The smallest absolute Gasteiger partial charge is 0.303 e. The monoisotopic (exact) mass is 238 g/mol. The maximum atomic E-state index is 10.2. The summed E-state index contributed by atoms with van der Waals surface area (Å²) >= 11 is 0. The topological polar surface area (TPSA) is 37.3 Å². The molecule has 0 aromatic carbocycles. The lowest BCUT2D eigenvalue weighted by Gasteiger charge is -1.95. The number of hydrogen-bond donors (Lipinski definition) is 1. The van der Waals surface area contributed by atoms with Crippen molar-refractivity contribution in [1.29, 1.82) is 0 Å². The van der Waals surface area contributed by atoms with Crippen LogP contribution in [0.4, 0.5) is 0 Å². The Kier molecular flexibility index (Phi) is 12.2. The number of carboxylic acids is 1. The Morgan fingerprint density at radius 1 is 0.941 bits per heavy atom. The second kappa shape index (κ2) is 13.0. The highest BCUT2D eigenvalue weighted by molar-refractivity contribution is 5.66. The van der Waals surface area contributed by atoms with Crippen LogP contribution in [0, 0.1) is 0 Å². The zero-order valence-corrected chi connectivity index (χ0v) is 11.0. The van der Waals surface area contributed by atoms with Crippen molar-refractivity contribution in [3.05, 3.63) is 24.3 Å². The third kappa shape index (κ3) is 14.9. The Morgan fingerprint density at radius 3 is 2.12 bits per heavy atom. The van der Waals surface area contributed by atoms with Crippen LogP contribution in [0.1, 0.15) is 64.7 Å². The number of aliphatic carboxylic acids is 1. The second-order valence-electron chi connectivity index (χ2n) is 4.35. The standard InChI is InChI=1S/C15H26O2/c1-2-3-4-5-6-7-8-9-10-11-12-13-14-15(16)17/h8-11H,2-7,12-14H2,1H3,(H,16,17)/b9-8+,11-10+. The number of carbonyl (C=O) groups is 1. The predicted molar refractivity (Wildman–Crippen MR) is 73.1 cm³/mol. The molecule has 17 heavy (non-hydrogen) atoms. The molecule has 0 aliphatic heterocycles. The minimum absolute atomic E-state index is 0.269. The fraction of sp³-hybridized carbons (Fsp3) is 0.667. The molecule has 0 aliphatic rings. The summed E-state index contributed by atoms with van der Waals surface area (Å²) in [5.41, 5.74) is 0. The van der Waals surface area contributed by atoms with E-state index < -0.39 is 5.97 Å². The molecule has 0 heterocycles. The number of rotatable bonds is 11. The van der Waals surface area contributed by atoms with Gasteiger partial charge < -0.3 is 5.11 Å². The third-order valence-corrected chi connectivity index (χ3v) is 2.62. The minimum Gasteiger partial charge on any atom is -0.481 e. The largest absolute Gasteiger partial charge is 0.481 e. The molecule has 2 nitrogen and oxygen atoms in total. The van der Waals surface area contributed by atoms with E-state index in [1.807, 2.05) is 12.2 Å². The van der Waals surface area contributed by atoms with Gasteiger partial charge >= 0.3 is 5.97 Å². The first-order valence-electron chi connectivity index (χ1n) is 6.80. The number of unbranched alkanes of at least 4 members (excludes halogenated alkanes) is 6. The van der Waals surface area contributed by atoms with Gasteiger partial charge in [-0.25, -0.2) is 0 Å². The summed E-state index contributed by atoms with van der Waals surface area (Å²) in [5, 5.41) is 8.44. The molecule has 0 aliphatic carbocycles. The molecule has 2 heteroatoms. The van der Waals surface area contributed by atoms with E-state index in [0.717, 1.165) is 19.3 Å². The van der Waals surface area contributed by atoms with Crippen LogP contribution in [0.15, 0.2) is 24.3 Å². The molecule has 0 unspecified atom stereocenters. The lowest BCUT2D eigenvalue weighted by Crippen LogP contribution is -1.92. The molecule has 0 saturated heterocycles. The highest BCUT2D eigenvalue weighted by Crippen LogP contribution is 2.05. The molecule has 0 atom stereocenters. The van der Waals surface area contributed by atoms with Gasteiger partial charge in [0.15, 0.2) is 0 Å². The van der Waals surface area contributed by atoms with E-state index in [0.29, 0.717) is 0 Å². The summed E-state index contributed by atoms with van der Waals surface area (Å²) in [7, 11) is 0. The number of hydrogen-bond acceptors (Lipinski definition) is 1. The summed E-state index contributed by atoms with van der Waals surface area (Å²) in [6.07, 6.45) is 18.0. The zero-order valence-electron chi connectivity index (χ0n) is 11.0. The molecule has 98 valence electrons. The normalized spacial score (nSPS) is 11.6. The van der Waals surface area contributed by atoms with Crippen molar-refractivity contribution >= 4 is 5.97 Å². The van der Waals surface area contributed by atoms with Crippen LogP contribution < -0.4 is 0 Å². The lowest BCUT2D eigenvalue weighted by molar-refractivity contribution is -0.137. The molecular weight excluding hydrogens is 212 g/mol. The average Bonchev–Trinajstić information content (AvgIpc) is 2.30. The highest BCUT2D eigenvalue weighted by Gasteiger charge is 1.92. The Balaban J connectivity index is 3.23. The van der Waals surface area contributed by atoms with Crippen LogP contribution in [0.25, 0.3) is 0 Å². The molecule has 0 spiro atoms. The van der Waals surface area contributed by atoms with Gasteiger partial charge in [0.25, 0.3) is 0 Å². The van der Waals surface area contributed by atoms with Crippen molar-refractivity contribution in [3.63, 3.8) is 0 Å². The molecule has 0 bridgehead atoms. The highest BCUT2D eigenvalue weighted by atomic mass is 16.4. The maximum absolute atomic E-state index is 10.2. The van der Waals surface area contributed by atoms with E-state index in [1.165, 1.54) is 32.1 Å². The van der Waals surface area contributed by atoms with Crippen LogP contribution in [-0.4, -0.2) is 11.1 Å². The van der Waals surface area contributed by atoms with E-state index in [2.05, 4.69) is 19.1 Å². The van der Waals surface area contributed by atoms with E-state index in [9.17, 15) is 4.79 Å². The van der Waals surface area contributed by atoms with Gasteiger partial charge in [0.05, 0.1) is 0 Å². The van der Waals surface area contributed by atoms with Gasteiger partial charge in [-0.2, -0.15) is 0 Å². The van der Waals surface area contributed by atoms with Gasteiger partial charge in [-0.3, -0.25) is 4.79 Å². The lowest BCUT2D eigenvalue weighted by atomic mass is 10.1. The Bertz CT molecular complexity index is 229. The van der Waals surface area contributed by atoms with Gasteiger partial charge in [-0.15, -0.1) is 0 Å². The zero-order chi connectivity index (χ0) is 12.8.